The summed E-state index contributed by atoms with van der Waals surface area (Å²) < 4.78 is 9.81. The van der Waals surface area contributed by atoms with Crippen molar-refractivity contribution in [3.63, 3.8) is 0 Å². The molecule has 0 spiro atoms. The molecule has 0 radical (unpaired) electrons. The Morgan fingerprint density at radius 2 is 1.03 bits per heavy atom. The molecule has 9 aromatic carbocycles. The smallest absolute Gasteiger partial charge is 0.333 e. The Labute approximate surface area is 417 Å². The second-order valence-electron chi connectivity index (χ2n) is 23.0. The molecule has 4 heterocycles. The van der Waals surface area contributed by atoms with Crippen molar-refractivity contribution < 1.29 is 4.42 Å². The van der Waals surface area contributed by atoms with Crippen LogP contribution in [0.4, 0.5) is 34.1 Å². The molecule has 13 rings (SSSR count). The fourth-order valence-corrected chi connectivity index (χ4v) is 11.7. The highest BCUT2D eigenvalue weighted by atomic mass is 16.3. The van der Waals surface area contributed by atoms with Crippen LogP contribution in [0.3, 0.4) is 0 Å². The predicted molar refractivity (Wildman–Crippen MR) is 303 cm³/mol. The third kappa shape index (κ3) is 6.66. The van der Waals surface area contributed by atoms with Crippen LogP contribution in [0.1, 0.15) is 79.0 Å². The lowest BCUT2D eigenvalue weighted by Crippen LogP contribution is -2.56. The number of hydrogen-bond acceptors (Lipinski definition) is 3. The average Bonchev–Trinajstić information content (AvgIpc) is 3.90. The van der Waals surface area contributed by atoms with Crippen LogP contribution >= 0.6 is 0 Å². The highest BCUT2D eigenvalue weighted by Crippen LogP contribution is 2.53. The molecule has 0 atom stereocenters. The first kappa shape index (κ1) is 43.3. The van der Waals surface area contributed by atoms with Gasteiger partial charge in [-0.2, -0.15) is 0 Å². The molecule has 2 aromatic heterocycles. The number of para-hydroxylation sites is 3. The van der Waals surface area contributed by atoms with E-state index in [0.29, 0.717) is 0 Å². The summed E-state index contributed by atoms with van der Waals surface area (Å²) in [5.74, 6) is 0. The van der Waals surface area contributed by atoms with Gasteiger partial charge in [0.1, 0.15) is 11.2 Å². The van der Waals surface area contributed by atoms with Gasteiger partial charge in [0.15, 0.2) is 0 Å². The zero-order valence-corrected chi connectivity index (χ0v) is 42.2. The Kier molecular flexibility index (Phi) is 9.37. The molecular formula is C66H58BN3O. The van der Waals surface area contributed by atoms with Gasteiger partial charge in [-0.1, -0.05) is 165 Å². The molecule has 0 N–H and O–H groups in total. The van der Waals surface area contributed by atoms with E-state index < -0.39 is 0 Å². The monoisotopic (exact) mass is 919 g/mol. The van der Waals surface area contributed by atoms with E-state index in [4.69, 9.17) is 4.42 Å². The molecule has 5 heteroatoms. The summed E-state index contributed by atoms with van der Waals surface area (Å²) in [7, 11) is 0. The zero-order valence-electron chi connectivity index (χ0n) is 42.2. The van der Waals surface area contributed by atoms with Gasteiger partial charge in [0, 0.05) is 78.2 Å². The van der Waals surface area contributed by atoms with Gasteiger partial charge in [-0.15, -0.1) is 0 Å². The van der Waals surface area contributed by atoms with Crippen LogP contribution in [0.15, 0.2) is 192 Å². The first-order chi connectivity index (χ1) is 34.1. The molecule has 0 saturated heterocycles. The summed E-state index contributed by atoms with van der Waals surface area (Å²) in [6, 6.07) is 70.3. The van der Waals surface area contributed by atoms with E-state index in [1.807, 2.05) is 0 Å². The topological polar surface area (TPSA) is 24.6 Å². The maximum absolute atomic E-state index is 7.10. The predicted octanol–water partition coefficient (Wildman–Crippen LogP) is 17.1. The largest absolute Gasteiger partial charge is 0.456 e. The number of furan rings is 1. The molecule has 2 aliphatic rings. The molecule has 0 unspecified atom stereocenters. The molecule has 0 fully saturated rings. The highest BCUT2D eigenvalue weighted by molar-refractivity contribution is 6.90. The number of anilines is 6. The maximum atomic E-state index is 7.10. The lowest BCUT2D eigenvalue weighted by Gasteiger charge is -2.42. The zero-order chi connectivity index (χ0) is 48.7. The second kappa shape index (κ2) is 15.4. The minimum atomic E-state index is -0.164. The van der Waals surface area contributed by atoms with Crippen LogP contribution in [-0.2, 0) is 16.2 Å². The molecule has 0 aliphatic carbocycles. The fraction of sp³-hybridized carbons (Fsp3) is 0.182. The van der Waals surface area contributed by atoms with Crippen LogP contribution in [0.5, 0.6) is 0 Å². The summed E-state index contributed by atoms with van der Waals surface area (Å²) in [5, 5.41) is 4.91. The molecule has 0 bridgehead atoms. The number of hydrogen-bond donors (Lipinski definition) is 0. The summed E-state index contributed by atoms with van der Waals surface area (Å²) in [6.45, 7) is 20.8. The second-order valence-corrected chi connectivity index (χ2v) is 23.0. The van der Waals surface area contributed by atoms with Crippen molar-refractivity contribution in [1.29, 1.82) is 0 Å². The van der Waals surface area contributed by atoms with Gasteiger partial charge in [0.2, 0.25) is 0 Å². The fourth-order valence-electron chi connectivity index (χ4n) is 11.7. The van der Waals surface area contributed by atoms with Gasteiger partial charge >= 0.3 is 6.85 Å². The normalized spacial score (nSPS) is 13.4. The van der Waals surface area contributed by atoms with Crippen molar-refractivity contribution in [3.05, 3.63) is 205 Å². The molecule has 4 nitrogen and oxygen atoms in total. The van der Waals surface area contributed by atoms with Crippen LogP contribution in [0, 0.1) is 0 Å². The number of rotatable bonds is 5. The number of fused-ring (bicyclic) bond motifs is 11. The number of nitrogens with zero attached hydrogens (tertiary/aromatic N) is 3. The summed E-state index contributed by atoms with van der Waals surface area (Å²) in [4.78, 5) is 4.98. The molecule has 0 amide bonds. The highest BCUT2D eigenvalue weighted by Gasteiger charge is 2.45. The van der Waals surface area contributed by atoms with Gasteiger partial charge in [-0.05, 0) is 134 Å². The van der Waals surface area contributed by atoms with Crippen LogP contribution in [0.2, 0.25) is 0 Å². The Morgan fingerprint density at radius 1 is 0.437 bits per heavy atom. The molecule has 11 aromatic rings. The van der Waals surface area contributed by atoms with Crippen molar-refractivity contribution in [1.82, 2.24) is 4.48 Å². The van der Waals surface area contributed by atoms with E-state index in [1.165, 1.54) is 77.1 Å². The van der Waals surface area contributed by atoms with Crippen molar-refractivity contribution in [2.75, 3.05) is 9.80 Å². The Hall–Kier alpha value is -7.76. The van der Waals surface area contributed by atoms with E-state index in [9.17, 15) is 0 Å². The van der Waals surface area contributed by atoms with E-state index >= 15 is 0 Å². The third-order valence-corrected chi connectivity index (χ3v) is 15.4. The number of benzene rings is 9. The Balaban J connectivity index is 1.22. The lowest BCUT2D eigenvalue weighted by atomic mass is 9.44. The summed E-state index contributed by atoms with van der Waals surface area (Å²) in [6.07, 6.45) is 0. The summed E-state index contributed by atoms with van der Waals surface area (Å²) in [5.41, 5.74) is 22.1. The lowest BCUT2D eigenvalue weighted by molar-refractivity contribution is 0.590. The van der Waals surface area contributed by atoms with Gasteiger partial charge in [-0.25, -0.2) is 0 Å². The van der Waals surface area contributed by atoms with Crippen molar-refractivity contribution >= 4 is 95.6 Å². The van der Waals surface area contributed by atoms with Crippen molar-refractivity contribution in [2.45, 2.75) is 78.6 Å². The average molecular weight is 920 g/mol. The Morgan fingerprint density at radius 3 is 1.70 bits per heavy atom. The summed E-state index contributed by atoms with van der Waals surface area (Å²) >= 11 is 0. The molecular weight excluding hydrogens is 862 g/mol. The van der Waals surface area contributed by atoms with Crippen molar-refractivity contribution in [2.24, 2.45) is 0 Å². The maximum Gasteiger partial charge on any atom is 0.333 e. The van der Waals surface area contributed by atoms with Gasteiger partial charge < -0.3 is 18.7 Å². The van der Waals surface area contributed by atoms with Crippen LogP contribution < -0.4 is 20.7 Å². The standard InChI is InChI=1S/C66H58BN3O/c1-64(2,3)42-29-33-54(49(35-42)41-21-13-10-14-22-41)69-56-39-47(68(45-23-15-11-16-24-45)46-25-17-12-18-26-46)31-32-53(56)67-62-57(69)40-59-60(48-27-19-20-28-58(48)71-59)61(62)52-38-44(66(7,8)9)37-51-50-36-43(65(4,5)6)30-34-55(50)70(67)63(51)52/h10-40H,1-9H3. The molecule has 71 heavy (non-hydrogen) atoms. The van der Waals surface area contributed by atoms with Gasteiger partial charge in [-0.3, -0.25) is 0 Å². The van der Waals surface area contributed by atoms with Crippen molar-refractivity contribution in [3.8, 4) is 22.3 Å². The van der Waals surface area contributed by atoms with Gasteiger partial charge in [0.05, 0.1) is 5.69 Å². The SMILES string of the molecule is CC(C)(C)c1ccc(N2c3cc(N(c4ccccc4)c4ccccc4)ccc3B3c4c2cc2oc5ccccc5c2c4-c2cc(C(C)(C)C)cc4c5cc(C(C)(C)C)ccc5n3c24)c(-c2ccccc2)c1. The van der Waals surface area contributed by atoms with Gasteiger partial charge in [0.25, 0.3) is 0 Å². The quantitative estimate of drug-likeness (QED) is 0.161. The molecule has 346 valence electrons. The van der Waals surface area contributed by atoms with E-state index in [0.717, 1.165) is 50.7 Å². The molecule has 2 aliphatic heterocycles. The third-order valence-electron chi connectivity index (χ3n) is 15.4. The van der Waals surface area contributed by atoms with Crippen LogP contribution in [-0.4, -0.2) is 11.3 Å². The minimum Gasteiger partial charge on any atom is -0.456 e. The first-order valence-electron chi connectivity index (χ1n) is 25.3. The van der Waals surface area contributed by atoms with E-state index in [2.05, 4.69) is 265 Å². The first-order valence-corrected chi connectivity index (χ1v) is 25.3. The van der Waals surface area contributed by atoms with Crippen LogP contribution in [0.25, 0.3) is 66.0 Å². The minimum absolute atomic E-state index is 0.0258. The number of aromatic nitrogens is 1. The Bertz CT molecular complexity index is 3900. The molecule has 0 saturated carbocycles. The van der Waals surface area contributed by atoms with E-state index in [1.54, 1.807) is 0 Å². The van der Waals surface area contributed by atoms with E-state index in [-0.39, 0.29) is 23.1 Å².